The van der Waals surface area contributed by atoms with Crippen LogP contribution in [0, 0.1) is 0 Å². The monoisotopic (exact) mass is 441 g/mol. The molecule has 0 saturated carbocycles. The maximum atomic E-state index is 13.4. The van der Waals surface area contributed by atoms with Crippen LogP contribution in [0.3, 0.4) is 0 Å². The van der Waals surface area contributed by atoms with Gasteiger partial charge in [0.2, 0.25) is 5.91 Å². The van der Waals surface area contributed by atoms with E-state index in [1.165, 1.54) is 7.11 Å². The van der Waals surface area contributed by atoms with Crippen molar-refractivity contribution in [3.63, 3.8) is 0 Å². The Labute approximate surface area is 188 Å². The predicted octanol–water partition coefficient (Wildman–Crippen LogP) is 2.83. The average molecular weight is 442 g/mol. The number of hydrogen-bond acceptors (Lipinski definition) is 6. The molecule has 3 atom stereocenters. The van der Waals surface area contributed by atoms with E-state index in [0.29, 0.717) is 17.2 Å². The zero-order chi connectivity index (χ0) is 23.5. The molecule has 172 valence electrons. The molecule has 1 saturated heterocycles. The Morgan fingerprint density at radius 3 is 1.94 bits per heavy atom. The van der Waals surface area contributed by atoms with Gasteiger partial charge in [-0.25, -0.2) is 0 Å². The number of rotatable bonds is 8. The summed E-state index contributed by atoms with van der Waals surface area (Å²) in [6.45, 7) is 5.74. The normalized spacial score (nSPS) is 19.1. The Bertz CT molecular complexity index is 938. The number of ether oxygens (including phenoxy) is 3. The lowest BCUT2D eigenvalue weighted by molar-refractivity contribution is -0.141. The van der Waals surface area contributed by atoms with E-state index in [9.17, 15) is 9.59 Å². The van der Waals surface area contributed by atoms with Gasteiger partial charge in [0.15, 0.2) is 6.10 Å². The Balaban J connectivity index is 1.96. The van der Waals surface area contributed by atoms with Gasteiger partial charge in [-0.1, -0.05) is 0 Å². The number of amides is 2. The van der Waals surface area contributed by atoms with Gasteiger partial charge in [-0.05, 0) is 69.3 Å². The van der Waals surface area contributed by atoms with E-state index >= 15 is 0 Å². The van der Waals surface area contributed by atoms with E-state index in [4.69, 9.17) is 14.2 Å². The van der Waals surface area contributed by atoms with Crippen LogP contribution in [0.5, 0.6) is 11.5 Å². The minimum absolute atomic E-state index is 0.201. The molecule has 2 N–H and O–H groups in total. The molecule has 1 aliphatic heterocycles. The first kappa shape index (κ1) is 23.4. The van der Waals surface area contributed by atoms with Crippen LogP contribution in [0.25, 0.3) is 0 Å². The van der Waals surface area contributed by atoms with Crippen LogP contribution in [-0.2, 0) is 14.3 Å². The minimum atomic E-state index is -0.757. The Kier molecular flexibility index (Phi) is 6.93. The van der Waals surface area contributed by atoms with Crippen molar-refractivity contribution in [1.29, 1.82) is 0 Å². The zero-order valence-corrected chi connectivity index (χ0v) is 19.3. The molecule has 1 heterocycles. The van der Waals surface area contributed by atoms with Gasteiger partial charge >= 0.3 is 0 Å². The first-order chi connectivity index (χ1) is 15.2. The highest BCUT2D eigenvalue weighted by atomic mass is 16.5. The third-order valence-electron chi connectivity index (χ3n) is 5.23. The number of nitrogens with zero attached hydrogens (tertiary/aromatic N) is 1. The van der Waals surface area contributed by atoms with Crippen LogP contribution < -0.4 is 25.0 Å². The molecule has 8 nitrogen and oxygen atoms in total. The van der Waals surface area contributed by atoms with Gasteiger partial charge in [0.05, 0.1) is 14.2 Å². The van der Waals surface area contributed by atoms with Gasteiger partial charge in [0, 0.05) is 24.0 Å². The minimum Gasteiger partial charge on any atom is -0.497 e. The predicted molar refractivity (Wildman–Crippen MR) is 123 cm³/mol. The lowest BCUT2D eigenvalue weighted by atomic mass is 9.88. The fraction of sp³-hybridized carbons (Fsp3) is 0.417. The van der Waals surface area contributed by atoms with E-state index < -0.39 is 23.7 Å². The topological polar surface area (TPSA) is 89.1 Å². The molecule has 0 spiro atoms. The van der Waals surface area contributed by atoms with Crippen LogP contribution in [0.1, 0.15) is 20.8 Å². The Hall–Kier alpha value is -3.26. The van der Waals surface area contributed by atoms with Gasteiger partial charge in [0.1, 0.15) is 23.6 Å². The van der Waals surface area contributed by atoms with Gasteiger partial charge in [-0.3, -0.25) is 9.59 Å². The van der Waals surface area contributed by atoms with Crippen LogP contribution in [0.4, 0.5) is 11.4 Å². The van der Waals surface area contributed by atoms with Crippen molar-refractivity contribution >= 4 is 23.2 Å². The number of methoxy groups -OCH3 is 3. The van der Waals surface area contributed by atoms with Gasteiger partial charge in [0.25, 0.3) is 5.91 Å². The summed E-state index contributed by atoms with van der Waals surface area (Å²) >= 11 is 0. The summed E-state index contributed by atoms with van der Waals surface area (Å²) < 4.78 is 15.9. The summed E-state index contributed by atoms with van der Waals surface area (Å²) in [5.41, 5.74) is 0.945. The summed E-state index contributed by atoms with van der Waals surface area (Å²) in [7, 11) is 4.66. The summed E-state index contributed by atoms with van der Waals surface area (Å²) in [5.74, 6) is 0.957. The lowest BCUT2D eigenvalue weighted by Crippen LogP contribution is -2.74. The quantitative estimate of drug-likeness (QED) is 0.613. The van der Waals surface area contributed by atoms with E-state index in [1.807, 2.05) is 45.0 Å². The maximum Gasteiger partial charge on any atom is 0.258 e. The number of benzene rings is 2. The molecule has 1 aliphatic rings. The standard InChI is InChI=1S/C24H31N3O5/c1-24(2,3)26-22(28)19(25-15-7-11-17(30-4)12-8-15)20-21(32-6)23(29)27(20)16-9-13-18(31-5)14-10-16/h7-14,19-21,25H,1-6H3,(H,26,28). The molecule has 0 radical (unpaired) electrons. The molecule has 1 fully saturated rings. The fourth-order valence-electron chi connectivity index (χ4n) is 3.71. The van der Waals surface area contributed by atoms with Gasteiger partial charge in [-0.15, -0.1) is 0 Å². The molecule has 2 aromatic carbocycles. The molecule has 3 rings (SSSR count). The van der Waals surface area contributed by atoms with Gasteiger partial charge < -0.3 is 29.7 Å². The summed E-state index contributed by atoms with van der Waals surface area (Å²) in [5, 5.41) is 6.32. The second kappa shape index (κ2) is 9.48. The highest BCUT2D eigenvalue weighted by Gasteiger charge is 2.54. The van der Waals surface area contributed by atoms with Crippen molar-refractivity contribution in [2.45, 2.75) is 44.5 Å². The average Bonchev–Trinajstić information content (AvgIpc) is 2.76. The second-order valence-corrected chi connectivity index (χ2v) is 8.64. The van der Waals surface area contributed by atoms with Crippen LogP contribution in [-0.4, -0.2) is 56.9 Å². The second-order valence-electron chi connectivity index (χ2n) is 8.64. The number of anilines is 2. The number of carbonyl (C=O) groups excluding carboxylic acids is 2. The number of hydrogen-bond donors (Lipinski definition) is 2. The van der Waals surface area contributed by atoms with Crippen LogP contribution >= 0.6 is 0 Å². The highest BCUT2D eigenvalue weighted by Crippen LogP contribution is 2.34. The van der Waals surface area contributed by atoms with Crippen molar-refractivity contribution in [3.8, 4) is 11.5 Å². The fourth-order valence-corrected chi connectivity index (χ4v) is 3.71. The molecule has 32 heavy (non-hydrogen) atoms. The van der Waals surface area contributed by atoms with Crippen LogP contribution in [0.2, 0.25) is 0 Å². The molecule has 0 aromatic heterocycles. The molecule has 8 heteroatoms. The van der Waals surface area contributed by atoms with E-state index in [2.05, 4.69) is 10.6 Å². The van der Waals surface area contributed by atoms with E-state index in [1.54, 1.807) is 43.4 Å². The van der Waals surface area contributed by atoms with Crippen molar-refractivity contribution in [1.82, 2.24) is 5.32 Å². The Morgan fingerprint density at radius 2 is 1.47 bits per heavy atom. The highest BCUT2D eigenvalue weighted by molar-refractivity contribution is 6.07. The third-order valence-corrected chi connectivity index (χ3v) is 5.23. The molecule has 3 unspecified atom stereocenters. The molecular weight excluding hydrogens is 410 g/mol. The summed E-state index contributed by atoms with van der Waals surface area (Å²) in [6, 6.07) is 13.1. The van der Waals surface area contributed by atoms with Crippen molar-refractivity contribution in [2.24, 2.45) is 0 Å². The first-order valence-corrected chi connectivity index (χ1v) is 10.4. The van der Waals surface area contributed by atoms with E-state index in [-0.39, 0.29) is 11.8 Å². The molecule has 0 bridgehead atoms. The van der Waals surface area contributed by atoms with Crippen LogP contribution in [0.15, 0.2) is 48.5 Å². The smallest absolute Gasteiger partial charge is 0.258 e. The third kappa shape index (κ3) is 4.96. The number of carbonyl (C=O) groups is 2. The number of β-lactam (4-membered cyclic amide) rings is 1. The molecule has 2 amide bonds. The van der Waals surface area contributed by atoms with Gasteiger partial charge in [-0.2, -0.15) is 0 Å². The summed E-state index contributed by atoms with van der Waals surface area (Å²) in [4.78, 5) is 27.8. The van der Waals surface area contributed by atoms with Crippen molar-refractivity contribution < 1.29 is 23.8 Å². The Morgan fingerprint density at radius 1 is 0.938 bits per heavy atom. The first-order valence-electron chi connectivity index (χ1n) is 10.4. The maximum absolute atomic E-state index is 13.4. The SMILES string of the molecule is COc1ccc(NC(C(=O)NC(C)(C)C)C2C(OC)C(=O)N2c2ccc(OC)cc2)cc1. The lowest BCUT2D eigenvalue weighted by Gasteiger charge is -2.49. The molecule has 0 aliphatic carbocycles. The van der Waals surface area contributed by atoms with Crippen molar-refractivity contribution in [3.05, 3.63) is 48.5 Å². The van der Waals surface area contributed by atoms with E-state index in [0.717, 1.165) is 5.69 Å². The molecular formula is C24H31N3O5. The summed E-state index contributed by atoms with van der Waals surface area (Å²) in [6.07, 6.45) is -0.751. The molecule has 2 aromatic rings. The van der Waals surface area contributed by atoms with Crippen molar-refractivity contribution in [2.75, 3.05) is 31.5 Å². The number of nitrogens with one attached hydrogen (secondary N) is 2. The largest absolute Gasteiger partial charge is 0.497 e. The zero-order valence-electron chi connectivity index (χ0n) is 19.3.